The standard InChI is InChI=1S/C22H28N2O4/c25-22(24-20-5-2-6-21-19(20)9-12-27-21)23-14-16-3-1-4-17(13-16)15-28-18-7-10-26-11-8-18/h1,3-4,9,12-13,18,20H,2,5-8,10-11,14-15H2,(H2,23,24,25). The molecule has 28 heavy (non-hydrogen) atoms. The average Bonchev–Trinajstić information content (AvgIpc) is 3.22. The zero-order valence-electron chi connectivity index (χ0n) is 16.1. The molecule has 0 spiro atoms. The van der Waals surface area contributed by atoms with Crippen molar-refractivity contribution in [1.29, 1.82) is 0 Å². The molecular weight excluding hydrogens is 356 g/mol. The van der Waals surface area contributed by atoms with Gasteiger partial charge in [-0.25, -0.2) is 4.79 Å². The third kappa shape index (κ3) is 4.94. The first-order chi connectivity index (χ1) is 13.8. The van der Waals surface area contributed by atoms with E-state index in [2.05, 4.69) is 22.8 Å². The van der Waals surface area contributed by atoms with E-state index < -0.39 is 0 Å². The summed E-state index contributed by atoms with van der Waals surface area (Å²) < 4.78 is 16.8. The van der Waals surface area contributed by atoms with Crippen molar-refractivity contribution in [1.82, 2.24) is 10.6 Å². The van der Waals surface area contributed by atoms with Crippen LogP contribution in [0.3, 0.4) is 0 Å². The third-order valence-corrected chi connectivity index (χ3v) is 5.46. The monoisotopic (exact) mass is 384 g/mol. The van der Waals surface area contributed by atoms with Crippen LogP contribution in [0.5, 0.6) is 0 Å². The first-order valence-electron chi connectivity index (χ1n) is 10.2. The molecule has 1 fully saturated rings. The highest BCUT2D eigenvalue weighted by atomic mass is 16.5. The van der Waals surface area contributed by atoms with Gasteiger partial charge in [0.2, 0.25) is 0 Å². The Morgan fingerprint density at radius 2 is 2.00 bits per heavy atom. The minimum Gasteiger partial charge on any atom is -0.469 e. The summed E-state index contributed by atoms with van der Waals surface area (Å²) in [7, 11) is 0. The van der Waals surface area contributed by atoms with Crippen LogP contribution in [0, 0.1) is 0 Å². The highest BCUT2D eigenvalue weighted by Crippen LogP contribution is 2.30. The smallest absolute Gasteiger partial charge is 0.315 e. The SMILES string of the molecule is O=C(NCc1cccc(COC2CCOCC2)c1)NC1CCCc2occc21. The molecule has 1 saturated heterocycles. The molecule has 150 valence electrons. The topological polar surface area (TPSA) is 72.7 Å². The van der Waals surface area contributed by atoms with E-state index in [0.29, 0.717) is 13.2 Å². The molecule has 2 heterocycles. The average molecular weight is 384 g/mol. The summed E-state index contributed by atoms with van der Waals surface area (Å²) in [5.74, 6) is 0.994. The van der Waals surface area contributed by atoms with Crippen LogP contribution in [-0.2, 0) is 29.0 Å². The number of benzene rings is 1. The first-order valence-corrected chi connectivity index (χ1v) is 10.2. The second kappa shape index (κ2) is 9.26. The summed E-state index contributed by atoms with van der Waals surface area (Å²) in [6.07, 6.45) is 6.83. The highest BCUT2D eigenvalue weighted by Gasteiger charge is 2.23. The molecule has 1 atom stereocenters. The Kier molecular flexibility index (Phi) is 6.29. The van der Waals surface area contributed by atoms with E-state index in [1.54, 1.807) is 6.26 Å². The lowest BCUT2D eigenvalue weighted by Gasteiger charge is -2.23. The number of carbonyl (C=O) groups is 1. The lowest BCUT2D eigenvalue weighted by Crippen LogP contribution is -2.38. The summed E-state index contributed by atoms with van der Waals surface area (Å²) in [4.78, 5) is 12.3. The maximum absolute atomic E-state index is 12.3. The maximum Gasteiger partial charge on any atom is 0.315 e. The van der Waals surface area contributed by atoms with Crippen molar-refractivity contribution in [3.05, 3.63) is 59.0 Å². The van der Waals surface area contributed by atoms with Gasteiger partial charge in [-0.2, -0.15) is 0 Å². The van der Waals surface area contributed by atoms with E-state index in [-0.39, 0.29) is 18.2 Å². The molecule has 0 bridgehead atoms. The lowest BCUT2D eigenvalue weighted by atomic mass is 9.93. The van der Waals surface area contributed by atoms with Crippen LogP contribution >= 0.6 is 0 Å². The number of aryl methyl sites for hydroxylation is 1. The van der Waals surface area contributed by atoms with Gasteiger partial charge in [0.05, 0.1) is 25.0 Å². The van der Waals surface area contributed by atoms with Gasteiger partial charge in [-0.1, -0.05) is 24.3 Å². The minimum absolute atomic E-state index is 0.0294. The number of nitrogens with one attached hydrogen (secondary N) is 2. The van der Waals surface area contributed by atoms with Crippen LogP contribution in [-0.4, -0.2) is 25.3 Å². The molecule has 1 aromatic heterocycles. The fraction of sp³-hybridized carbons (Fsp3) is 0.500. The predicted octanol–water partition coefficient (Wildman–Crippen LogP) is 3.85. The third-order valence-electron chi connectivity index (χ3n) is 5.46. The van der Waals surface area contributed by atoms with Crippen molar-refractivity contribution >= 4 is 6.03 Å². The number of carbonyl (C=O) groups excluding carboxylic acids is 1. The van der Waals surface area contributed by atoms with E-state index in [4.69, 9.17) is 13.9 Å². The molecule has 1 aromatic carbocycles. The lowest BCUT2D eigenvalue weighted by molar-refractivity contribution is -0.0390. The number of fused-ring (bicyclic) bond motifs is 1. The van der Waals surface area contributed by atoms with Crippen molar-refractivity contribution in [2.24, 2.45) is 0 Å². The zero-order valence-corrected chi connectivity index (χ0v) is 16.1. The number of hydrogen-bond donors (Lipinski definition) is 2. The molecular formula is C22H28N2O4. The molecule has 1 aliphatic heterocycles. The summed E-state index contributed by atoms with van der Waals surface area (Å²) in [6.45, 7) is 2.65. The molecule has 6 heteroatoms. The molecule has 2 aromatic rings. The Bertz CT molecular complexity index is 782. The molecule has 1 unspecified atom stereocenters. The Morgan fingerprint density at radius 1 is 1.14 bits per heavy atom. The highest BCUT2D eigenvalue weighted by molar-refractivity contribution is 5.74. The van der Waals surface area contributed by atoms with Gasteiger partial charge in [0, 0.05) is 31.7 Å². The molecule has 2 amide bonds. The quantitative estimate of drug-likeness (QED) is 0.793. The number of amides is 2. The second-order valence-corrected chi connectivity index (χ2v) is 7.51. The minimum atomic E-state index is -0.150. The molecule has 0 saturated carbocycles. The van der Waals surface area contributed by atoms with Crippen LogP contribution in [0.15, 0.2) is 41.0 Å². The molecule has 4 rings (SSSR count). The van der Waals surface area contributed by atoms with E-state index in [0.717, 1.165) is 67.8 Å². The Labute approximate surface area is 165 Å². The van der Waals surface area contributed by atoms with Crippen molar-refractivity contribution < 1.29 is 18.7 Å². The Hall–Kier alpha value is -2.31. The van der Waals surface area contributed by atoms with Crippen LogP contribution in [0.2, 0.25) is 0 Å². The van der Waals surface area contributed by atoms with Gasteiger partial charge >= 0.3 is 6.03 Å². The predicted molar refractivity (Wildman–Crippen MR) is 105 cm³/mol. The van der Waals surface area contributed by atoms with Gasteiger partial charge in [0.1, 0.15) is 5.76 Å². The van der Waals surface area contributed by atoms with E-state index >= 15 is 0 Å². The van der Waals surface area contributed by atoms with Crippen molar-refractivity contribution in [3.8, 4) is 0 Å². The van der Waals surface area contributed by atoms with E-state index in [9.17, 15) is 4.79 Å². The number of urea groups is 1. The van der Waals surface area contributed by atoms with Crippen LogP contribution < -0.4 is 10.6 Å². The Morgan fingerprint density at radius 3 is 2.89 bits per heavy atom. The van der Waals surface area contributed by atoms with Crippen molar-refractivity contribution in [2.45, 2.75) is 57.4 Å². The summed E-state index contributed by atoms with van der Waals surface area (Å²) in [6, 6.07) is 10.0. The zero-order chi connectivity index (χ0) is 19.2. The van der Waals surface area contributed by atoms with Crippen LogP contribution in [0.1, 0.15) is 54.2 Å². The van der Waals surface area contributed by atoms with Gasteiger partial charge in [-0.05, 0) is 42.9 Å². The van der Waals surface area contributed by atoms with Gasteiger partial charge in [0.15, 0.2) is 0 Å². The Balaban J connectivity index is 1.25. The van der Waals surface area contributed by atoms with Crippen molar-refractivity contribution in [2.75, 3.05) is 13.2 Å². The summed E-state index contributed by atoms with van der Waals surface area (Å²) in [5, 5.41) is 6.03. The molecule has 0 radical (unpaired) electrons. The van der Waals surface area contributed by atoms with Gasteiger partial charge in [-0.3, -0.25) is 0 Å². The van der Waals surface area contributed by atoms with Crippen LogP contribution in [0.25, 0.3) is 0 Å². The fourth-order valence-electron chi connectivity index (χ4n) is 3.91. The maximum atomic E-state index is 12.3. The largest absolute Gasteiger partial charge is 0.469 e. The summed E-state index contributed by atoms with van der Waals surface area (Å²) in [5.41, 5.74) is 3.30. The number of ether oxygens (including phenoxy) is 2. The van der Waals surface area contributed by atoms with E-state index in [1.807, 2.05) is 18.2 Å². The molecule has 2 aliphatic rings. The van der Waals surface area contributed by atoms with Gasteiger partial charge in [0.25, 0.3) is 0 Å². The number of furan rings is 1. The number of hydrogen-bond acceptors (Lipinski definition) is 4. The second-order valence-electron chi connectivity index (χ2n) is 7.51. The molecule has 1 aliphatic carbocycles. The first kappa shape index (κ1) is 19.0. The number of rotatable bonds is 6. The van der Waals surface area contributed by atoms with Crippen molar-refractivity contribution in [3.63, 3.8) is 0 Å². The molecule has 6 nitrogen and oxygen atoms in total. The van der Waals surface area contributed by atoms with Crippen LogP contribution in [0.4, 0.5) is 4.79 Å². The molecule has 2 N–H and O–H groups in total. The van der Waals surface area contributed by atoms with E-state index in [1.165, 1.54) is 0 Å². The van der Waals surface area contributed by atoms with Gasteiger partial charge < -0.3 is 24.5 Å². The fourth-order valence-corrected chi connectivity index (χ4v) is 3.91. The summed E-state index contributed by atoms with van der Waals surface area (Å²) >= 11 is 0. The normalized spacial score (nSPS) is 19.8. The van der Waals surface area contributed by atoms with Gasteiger partial charge in [-0.15, -0.1) is 0 Å².